The van der Waals surface area contributed by atoms with Crippen molar-refractivity contribution < 1.29 is 4.52 Å². The van der Waals surface area contributed by atoms with E-state index in [1.165, 1.54) is 10.8 Å². The van der Waals surface area contributed by atoms with E-state index in [0.29, 0.717) is 17.1 Å². The van der Waals surface area contributed by atoms with Crippen molar-refractivity contribution in [2.24, 2.45) is 0 Å². The third kappa shape index (κ3) is 2.22. The molecule has 3 nitrogen and oxygen atoms in total. The molecular weight excluding hydrogens is 236 g/mol. The van der Waals surface area contributed by atoms with Crippen molar-refractivity contribution in [3.63, 3.8) is 0 Å². The second-order valence-electron chi connectivity index (χ2n) is 4.48. The first-order valence-corrected chi connectivity index (χ1v) is 6.13. The third-order valence-corrected chi connectivity index (χ3v) is 3.14. The van der Waals surface area contributed by atoms with Gasteiger partial charge in [-0.1, -0.05) is 47.6 Å². The Morgan fingerprint density at radius 1 is 1.05 bits per heavy atom. The van der Waals surface area contributed by atoms with E-state index in [1.54, 1.807) is 6.92 Å². The van der Waals surface area contributed by atoms with E-state index in [4.69, 9.17) is 10.3 Å². The molecule has 0 atom stereocenters. The number of nitrogens with zero attached hydrogens (tertiary/aromatic N) is 1. The molecule has 0 fully saturated rings. The minimum Gasteiger partial charge on any atom is -0.394 e. The highest BCUT2D eigenvalue weighted by Crippen LogP contribution is 2.20. The summed E-state index contributed by atoms with van der Waals surface area (Å²) >= 11 is 0. The molecule has 19 heavy (non-hydrogen) atoms. The van der Waals surface area contributed by atoms with Gasteiger partial charge in [-0.3, -0.25) is 0 Å². The van der Waals surface area contributed by atoms with Crippen molar-refractivity contribution in [2.45, 2.75) is 6.92 Å². The number of hydrogen-bond acceptors (Lipinski definition) is 3. The van der Waals surface area contributed by atoms with E-state index in [-0.39, 0.29) is 0 Å². The molecule has 0 amide bonds. The number of nitrogen functional groups attached to an aromatic ring is 1. The average molecular weight is 250 g/mol. The van der Waals surface area contributed by atoms with Crippen LogP contribution in [0.2, 0.25) is 0 Å². The number of hydrogen-bond donors (Lipinski definition) is 1. The van der Waals surface area contributed by atoms with Gasteiger partial charge < -0.3 is 10.3 Å². The fourth-order valence-electron chi connectivity index (χ4n) is 2.00. The number of anilines is 1. The predicted molar refractivity (Wildman–Crippen MR) is 78.5 cm³/mol. The molecule has 0 aliphatic rings. The molecule has 0 bridgehead atoms. The van der Waals surface area contributed by atoms with E-state index in [1.807, 2.05) is 24.3 Å². The molecule has 1 aromatic heterocycles. The summed E-state index contributed by atoms with van der Waals surface area (Å²) in [5.41, 5.74) is 8.23. The van der Waals surface area contributed by atoms with Gasteiger partial charge in [-0.25, -0.2) is 0 Å². The first-order valence-electron chi connectivity index (χ1n) is 6.13. The monoisotopic (exact) mass is 250 g/mol. The predicted octanol–water partition coefficient (Wildman–Crippen LogP) is 3.89. The van der Waals surface area contributed by atoms with Gasteiger partial charge in [-0.05, 0) is 35.4 Å². The maximum Gasteiger partial charge on any atom is 0.157 e. The molecule has 0 saturated heterocycles. The highest BCUT2D eigenvalue weighted by atomic mass is 16.5. The normalized spacial score (nSPS) is 11.4. The van der Waals surface area contributed by atoms with Crippen LogP contribution < -0.4 is 5.73 Å². The van der Waals surface area contributed by atoms with Gasteiger partial charge in [0.1, 0.15) is 11.4 Å². The van der Waals surface area contributed by atoms with Gasteiger partial charge in [0.25, 0.3) is 0 Å². The first kappa shape index (κ1) is 11.5. The van der Waals surface area contributed by atoms with Crippen molar-refractivity contribution >= 4 is 28.6 Å². The fourth-order valence-corrected chi connectivity index (χ4v) is 2.00. The first-order chi connectivity index (χ1) is 9.24. The van der Waals surface area contributed by atoms with E-state index in [0.717, 1.165) is 5.56 Å². The van der Waals surface area contributed by atoms with Crippen LogP contribution >= 0.6 is 0 Å². The Kier molecular flexibility index (Phi) is 2.80. The van der Waals surface area contributed by atoms with Crippen LogP contribution in [0.15, 0.2) is 47.0 Å². The van der Waals surface area contributed by atoms with E-state index >= 15 is 0 Å². The Bertz CT molecular complexity index is 756. The van der Waals surface area contributed by atoms with Crippen molar-refractivity contribution in [3.05, 3.63) is 59.5 Å². The Morgan fingerprint density at radius 2 is 1.84 bits per heavy atom. The number of fused-ring (bicyclic) bond motifs is 1. The summed E-state index contributed by atoms with van der Waals surface area (Å²) in [7, 11) is 0. The summed E-state index contributed by atoms with van der Waals surface area (Å²) in [6, 6.07) is 14.6. The third-order valence-electron chi connectivity index (χ3n) is 3.14. The van der Waals surface area contributed by atoms with Gasteiger partial charge in [0.15, 0.2) is 5.76 Å². The van der Waals surface area contributed by atoms with Crippen LogP contribution in [-0.4, -0.2) is 5.16 Å². The van der Waals surface area contributed by atoms with Crippen molar-refractivity contribution in [3.8, 4) is 0 Å². The zero-order chi connectivity index (χ0) is 13.2. The van der Waals surface area contributed by atoms with Crippen molar-refractivity contribution in [1.82, 2.24) is 5.16 Å². The molecule has 0 radical (unpaired) electrons. The van der Waals surface area contributed by atoms with Gasteiger partial charge >= 0.3 is 0 Å². The Balaban J connectivity index is 1.95. The summed E-state index contributed by atoms with van der Waals surface area (Å²) < 4.78 is 5.03. The zero-order valence-corrected chi connectivity index (χ0v) is 10.6. The topological polar surface area (TPSA) is 52.0 Å². The molecule has 0 aliphatic carbocycles. The second kappa shape index (κ2) is 4.61. The summed E-state index contributed by atoms with van der Waals surface area (Å²) in [5, 5.41) is 6.36. The molecule has 0 unspecified atom stereocenters. The van der Waals surface area contributed by atoms with E-state index in [9.17, 15) is 0 Å². The van der Waals surface area contributed by atoms with Gasteiger partial charge in [0, 0.05) is 0 Å². The van der Waals surface area contributed by atoms with Gasteiger partial charge in [-0.15, -0.1) is 0 Å². The van der Waals surface area contributed by atoms with Crippen LogP contribution in [0, 0.1) is 6.92 Å². The molecule has 3 heteroatoms. The SMILES string of the molecule is Cc1onc(C=Cc2ccc3ccccc3c2)c1N. The highest BCUT2D eigenvalue weighted by Gasteiger charge is 2.05. The highest BCUT2D eigenvalue weighted by molar-refractivity contribution is 5.86. The smallest absolute Gasteiger partial charge is 0.157 e. The Labute approximate surface area is 111 Å². The lowest BCUT2D eigenvalue weighted by molar-refractivity contribution is 0.397. The molecule has 3 aromatic rings. The fraction of sp³-hybridized carbons (Fsp3) is 0.0625. The lowest BCUT2D eigenvalue weighted by Gasteiger charge is -1.98. The molecule has 0 spiro atoms. The van der Waals surface area contributed by atoms with E-state index < -0.39 is 0 Å². The van der Waals surface area contributed by atoms with Crippen LogP contribution in [0.1, 0.15) is 17.0 Å². The molecule has 94 valence electrons. The maximum absolute atomic E-state index is 5.85. The molecular formula is C16H14N2O. The number of rotatable bonds is 2. The molecule has 2 N–H and O–H groups in total. The largest absolute Gasteiger partial charge is 0.394 e. The standard InChI is InChI=1S/C16H14N2O/c1-11-16(17)15(18-19-11)9-7-12-6-8-13-4-2-3-5-14(13)10-12/h2-10H,17H2,1H3. The van der Waals surface area contributed by atoms with Gasteiger partial charge in [0.2, 0.25) is 0 Å². The van der Waals surface area contributed by atoms with Gasteiger partial charge in [0.05, 0.1) is 0 Å². The second-order valence-corrected chi connectivity index (χ2v) is 4.48. The maximum atomic E-state index is 5.85. The van der Waals surface area contributed by atoms with Crippen LogP contribution in [0.5, 0.6) is 0 Å². The minimum atomic E-state index is 0.594. The van der Waals surface area contributed by atoms with Crippen molar-refractivity contribution in [2.75, 3.05) is 5.73 Å². The molecule has 0 aliphatic heterocycles. The quantitative estimate of drug-likeness (QED) is 0.750. The minimum absolute atomic E-state index is 0.594. The molecule has 1 heterocycles. The van der Waals surface area contributed by atoms with Gasteiger partial charge in [-0.2, -0.15) is 0 Å². The summed E-state index contributed by atoms with van der Waals surface area (Å²) in [6.45, 7) is 1.80. The van der Waals surface area contributed by atoms with Crippen LogP contribution in [0.25, 0.3) is 22.9 Å². The lowest BCUT2D eigenvalue weighted by Crippen LogP contribution is -1.86. The average Bonchev–Trinajstić information content (AvgIpc) is 2.76. The molecule has 2 aromatic carbocycles. The Hall–Kier alpha value is -2.55. The number of nitrogens with two attached hydrogens (primary N) is 1. The molecule has 0 saturated carbocycles. The van der Waals surface area contributed by atoms with E-state index in [2.05, 4.69) is 35.5 Å². The summed E-state index contributed by atoms with van der Waals surface area (Å²) in [4.78, 5) is 0. The Morgan fingerprint density at radius 3 is 2.58 bits per heavy atom. The molecule has 3 rings (SSSR count). The summed E-state index contributed by atoms with van der Waals surface area (Å²) in [5.74, 6) is 0.651. The van der Waals surface area contributed by atoms with Crippen molar-refractivity contribution in [1.29, 1.82) is 0 Å². The number of aryl methyl sites for hydroxylation is 1. The number of benzene rings is 2. The zero-order valence-electron chi connectivity index (χ0n) is 10.6. The number of aromatic nitrogens is 1. The summed E-state index contributed by atoms with van der Waals surface area (Å²) in [6.07, 6.45) is 3.86. The van der Waals surface area contributed by atoms with Crippen LogP contribution in [-0.2, 0) is 0 Å². The van der Waals surface area contributed by atoms with Crippen LogP contribution in [0.4, 0.5) is 5.69 Å². The lowest BCUT2D eigenvalue weighted by atomic mass is 10.1. The van der Waals surface area contributed by atoms with Crippen LogP contribution in [0.3, 0.4) is 0 Å².